The molecular formula is C12H23N3. The summed E-state index contributed by atoms with van der Waals surface area (Å²) in [6.45, 7) is 13.1. The lowest BCUT2D eigenvalue weighted by Crippen LogP contribution is -2.25. The average molecular weight is 209 g/mol. The minimum absolute atomic E-state index is 0.0646. The van der Waals surface area contributed by atoms with Crippen molar-refractivity contribution >= 4 is 0 Å². The van der Waals surface area contributed by atoms with E-state index in [1.165, 1.54) is 0 Å². The van der Waals surface area contributed by atoms with Crippen molar-refractivity contribution in [3.63, 3.8) is 0 Å². The lowest BCUT2D eigenvalue weighted by atomic mass is 9.87. The van der Waals surface area contributed by atoms with Crippen LogP contribution >= 0.6 is 0 Å². The molecule has 0 amide bonds. The number of hydrogen-bond acceptors (Lipinski definition) is 2. The van der Waals surface area contributed by atoms with E-state index in [0.29, 0.717) is 0 Å². The molecule has 0 N–H and O–H groups in total. The van der Waals surface area contributed by atoms with Crippen molar-refractivity contribution in [2.75, 3.05) is 0 Å². The summed E-state index contributed by atoms with van der Waals surface area (Å²) in [7, 11) is 0. The number of nitrogens with zero attached hydrogens (tertiary/aromatic N) is 3. The van der Waals surface area contributed by atoms with Crippen molar-refractivity contribution in [1.82, 2.24) is 15.0 Å². The number of aromatic nitrogens is 3. The van der Waals surface area contributed by atoms with Gasteiger partial charge in [-0.25, -0.2) is 4.68 Å². The van der Waals surface area contributed by atoms with Gasteiger partial charge in [0.1, 0.15) is 0 Å². The van der Waals surface area contributed by atoms with Crippen molar-refractivity contribution in [2.45, 2.75) is 65.3 Å². The Labute approximate surface area is 92.9 Å². The topological polar surface area (TPSA) is 30.7 Å². The predicted octanol–water partition coefficient (Wildman–Crippen LogP) is 3.11. The Balaban J connectivity index is 3.00. The predicted molar refractivity (Wildman–Crippen MR) is 63.0 cm³/mol. The van der Waals surface area contributed by atoms with E-state index >= 15 is 0 Å². The third-order valence-electron chi connectivity index (χ3n) is 3.56. The van der Waals surface area contributed by atoms with Gasteiger partial charge in [-0.15, -0.1) is 5.10 Å². The molecule has 0 saturated heterocycles. The maximum atomic E-state index is 4.29. The molecule has 86 valence electrons. The van der Waals surface area contributed by atoms with Gasteiger partial charge < -0.3 is 0 Å². The van der Waals surface area contributed by atoms with Gasteiger partial charge in [0.05, 0.1) is 11.2 Å². The fourth-order valence-electron chi connectivity index (χ4n) is 1.21. The van der Waals surface area contributed by atoms with Crippen LogP contribution in [-0.4, -0.2) is 15.0 Å². The maximum absolute atomic E-state index is 4.29. The van der Waals surface area contributed by atoms with Gasteiger partial charge in [0, 0.05) is 11.6 Å². The molecule has 0 fully saturated rings. The third kappa shape index (κ3) is 2.39. The quantitative estimate of drug-likeness (QED) is 0.763. The Morgan fingerprint density at radius 1 is 1.13 bits per heavy atom. The summed E-state index contributed by atoms with van der Waals surface area (Å²) in [4.78, 5) is 0. The molecule has 0 aromatic carbocycles. The molecule has 0 unspecified atom stereocenters. The minimum Gasteiger partial charge on any atom is -0.247 e. The Morgan fingerprint density at radius 2 is 1.73 bits per heavy atom. The van der Waals surface area contributed by atoms with Crippen LogP contribution in [-0.2, 0) is 11.0 Å². The Morgan fingerprint density at radius 3 is 2.20 bits per heavy atom. The molecule has 0 bridgehead atoms. The number of rotatable bonds is 4. The Bertz CT molecular complexity index is 293. The van der Waals surface area contributed by atoms with E-state index in [0.717, 1.165) is 18.5 Å². The standard InChI is InChI=1S/C12H23N3/c1-7-11(3,4)10-9-15(14-13-10)12(5,6)8-2/h9H,7-8H2,1-6H3. The highest BCUT2D eigenvalue weighted by Gasteiger charge is 2.25. The summed E-state index contributed by atoms with van der Waals surface area (Å²) in [5.74, 6) is 0. The lowest BCUT2D eigenvalue weighted by Gasteiger charge is -2.23. The Kier molecular flexibility index (Phi) is 3.22. The molecule has 3 heteroatoms. The van der Waals surface area contributed by atoms with Crippen LogP contribution in [0.25, 0.3) is 0 Å². The van der Waals surface area contributed by atoms with Gasteiger partial charge in [0.2, 0.25) is 0 Å². The molecule has 0 aliphatic heterocycles. The van der Waals surface area contributed by atoms with Gasteiger partial charge in [0.15, 0.2) is 0 Å². The van der Waals surface area contributed by atoms with E-state index in [-0.39, 0.29) is 11.0 Å². The fraction of sp³-hybridized carbons (Fsp3) is 0.833. The van der Waals surface area contributed by atoms with Gasteiger partial charge in [-0.1, -0.05) is 32.9 Å². The molecule has 1 aromatic heterocycles. The highest BCUT2D eigenvalue weighted by molar-refractivity contribution is 5.08. The summed E-state index contributed by atoms with van der Waals surface area (Å²) in [6.07, 6.45) is 4.23. The van der Waals surface area contributed by atoms with Crippen LogP contribution in [0.3, 0.4) is 0 Å². The second kappa shape index (κ2) is 3.95. The SMILES string of the molecule is CCC(C)(C)c1cn(C(C)(C)CC)nn1. The average Bonchev–Trinajstić information content (AvgIpc) is 2.67. The first-order valence-electron chi connectivity index (χ1n) is 5.77. The molecule has 0 radical (unpaired) electrons. The largest absolute Gasteiger partial charge is 0.247 e. The van der Waals surface area contributed by atoms with Crippen LogP contribution in [0, 0.1) is 0 Å². The molecule has 0 saturated carbocycles. The first kappa shape index (κ1) is 12.2. The maximum Gasteiger partial charge on any atom is 0.0883 e. The molecule has 1 rings (SSSR count). The van der Waals surface area contributed by atoms with Crippen LogP contribution in [0.1, 0.15) is 60.1 Å². The summed E-state index contributed by atoms with van der Waals surface area (Å²) >= 11 is 0. The molecule has 0 aliphatic rings. The second-order valence-electron chi connectivity index (χ2n) is 5.45. The molecule has 3 nitrogen and oxygen atoms in total. The van der Waals surface area contributed by atoms with Crippen molar-refractivity contribution in [3.8, 4) is 0 Å². The Hall–Kier alpha value is -0.860. The van der Waals surface area contributed by atoms with E-state index in [1.54, 1.807) is 0 Å². The summed E-state index contributed by atoms with van der Waals surface area (Å²) in [5.41, 5.74) is 1.28. The van der Waals surface area contributed by atoms with Crippen molar-refractivity contribution in [2.24, 2.45) is 0 Å². The van der Waals surface area contributed by atoms with Crippen molar-refractivity contribution < 1.29 is 0 Å². The first-order valence-corrected chi connectivity index (χ1v) is 5.77. The van der Waals surface area contributed by atoms with Crippen LogP contribution in [0.5, 0.6) is 0 Å². The zero-order valence-electron chi connectivity index (χ0n) is 10.8. The minimum atomic E-state index is 0.0646. The van der Waals surface area contributed by atoms with Gasteiger partial charge in [0.25, 0.3) is 0 Å². The summed E-state index contributed by atoms with van der Waals surface area (Å²) < 4.78 is 1.99. The highest BCUT2D eigenvalue weighted by atomic mass is 15.4. The molecule has 0 atom stereocenters. The molecule has 0 spiro atoms. The van der Waals surface area contributed by atoms with E-state index < -0.39 is 0 Å². The molecular weight excluding hydrogens is 186 g/mol. The zero-order chi connectivity index (χ0) is 11.7. The molecule has 0 aliphatic carbocycles. The van der Waals surface area contributed by atoms with Gasteiger partial charge in [-0.05, 0) is 26.7 Å². The number of hydrogen-bond donors (Lipinski definition) is 0. The van der Waals surface area contributed by atoms with Crippen molar-refractivity contribution in [1.29, 1.82) is 0 Å². The zero-order valence-corrected chi connectivity index (χ0v) is 10.8. The first-order chi connectivity index (χ1) is 6.83. The normalized spacial score (nSPS) is 13.2. The van der Waals surface area contributed by atoms with Crippen LogP contribution < -0.4 is 0 Å². The van der Waals surface area contributed by atoms with Crippen LogP contribution in [0.2, 0.25) is 0 Å². The van der Waals surface area contributed by atoms with E-state index in [2.05, 4.69) is 58.1 Å². The van der Waals surface area contributed by atoms with E-state index in [4.69, 9.17) is 0 Å². The molecule has 1 heterocycles. The summed E-state index contributed by atoms with van der Waals surface area (Å²) in [6, 6.07) is 0. The smallest absolute Gasteiger partial charge is 0.0883 e. The second-order valence-corrected chi connectivity index (χ2v) is 5.45. The van der Waals surface area contributed by atoms with Gasteiger partial charge in [-0.3, -0.25) is 0 Å². The summed E-state index contributed by atoms with van der Waals surface area (Å²) in [5, 5.41) is 8.53. The fourth-order valence-corrected chi connectivity index (χ4v) is 1.21. The monoisotopic (exact) mass is 209 g/mol. The molecule has 15 heavy (non-hydrogen) atoms. The third-order valence-corrected chi connectivity index (χ3v) is 3.56. The van der Waals surface area contributed by atoms with Gasteiger partial charge >= 0.3 is 0 Å². The molecule has 1 aromatic rings. The van der Waals surface area contributed by atoms with Gasteiger partial charge in [-0.2, -0.15) is 0 Å². The van der Waals surface area contributed by atoms with Crippen LogP contribution in [0.4, 0.5) is 0 Å². The van der Waals surface area contributed by atoms with Crippen molar-refractivity contribution in [3.05, 3.63) is 11.9 Å². The van der Waals surface area contributed by atoms with E-state index in [9.17, 15) is 0 Å². The van der Waals surface area contributed by atoms with E-state index in [1.807, 2.05) is 4.68 Å². The lowest BCUT2D eigenvalue weighted by molar-refractivity contribution is 0.301. The highest BCUT2D eigenvalue weighted by Crippen LogP contribution is 2.26. The van der Waals surface area contributed by atoms with Crippen LogP contribution in [0.15, 0.2) is 6.20 Å².